The van der Waals surface area contributed by atoms with E-state index in [2.05, 4.69) is 16.6 Å². The molecule has 0 aromatic heterocycles. The van der Waals surface area contributed by atoms with Gasteiger partial charge < -0.3 is 10.1 Å². The Balaban J connectivity index is 4.29. The number of rotatable bonds is 6. The van der Waals surface area contributed by atoms with Crippen molar-refractivity contribution in [2.75, 3.05) is 26.7 Å². The maximum Gasteiger partial charge on any atom is 0.319 e. The molecule has 5 nitrogen and oxygen atoms in total. The molecular weight excluding hydrogens is 220 g/mol. The molecule has 0 rings (SSSR count). The van der Waals surface area contributed by atoms with Crippen LogP contribution in [0.2, 0.25) is 0 Å². The first kappa shape index (κ1) is 15.6. The van der Waals surface area contributed by atoms with Crippen molar-refractivity contribution in [1.82, 2.24) is 10.2 Å². The van der Waals surface area contributed by atoms with Crippen molar-refractivity contribution in [3.63, 3.8) is 0 Å². The molecule has 0 heterocycles. The molecule has 0 spiro atoms. The molecule has 0 saturated heterocycles. The zero-order valence-electron chi connectivity index (χ0n) is 11.1. The van der Waals surface area contributed by atoms with E-state index < -0.39 is 0 Å². The lowest BCUT2D eigenvalue weighted by atomic mass is 10.1. The summed E-state index contributed by atoms with van der Waals surface area (Å²) in [6.45, 7) is 10.0. The second-order valence-corrected chi connectivity index (χ2v) is 4.83. The highest BCUT2D eigenvalue weighted by atomic mass is 16.5. The van der Waals surface area contributed by atoms with Crippen LogP contribution in [0.25, 0.3) is 0 Å². The van der Waals surface area contributed by atoms with Crippen molar-refractivity contribution < 1.29 is 14.3 Å². The number of nitrogens with one attached hydrogen (secondary N) is 1. The van der Waals surface area contributed by atoms with Crippen molar-refractivity contribution in [3.05, 3.63) is 12.7 Å². The largest absolute Gasteiger partial charge is 0.468 e. The summed E-state index contributed by atoms with van der Waals surface area (Å²) >= 11 is 0. The van der Waals surface area contributed by atoms with Crippen molar-refractivity contribution in [1.29, 1.82) is 0 Å². The van der Waals surface area contributed by atoms with E-state index in [-0.39, 0.29) is 30.5 Å². The predicted octanol–water partition coefficient (Wildman–Crippen LogP) is 0.562. The number of amides is 1. The average molecular weight is 242 g/mol. The van der Waals surface area contributed by atoms with Crippen LogP contribution < -0.4 is 5.32 Å². The Morgan fingerprint density at radius 1 is 1.35 bits per heavy atom. The van der Waals surface area contributed by atoms with E-state index in [9.17, 15) is 9.59 Å². The zero-order valence-corrected chi connectivity index (χ0v) is 11.1. The summed E-state index contributed by atoms with van der Waals surface area (Å²) in [4.78, 5) is 24.5. The molecular formula is C12H22N2O3. The van der Waals surface area contributed by atoms with Crippen LogP contribution in [0, 0.1) is 0 Å². The smallest absolute Gasteiger partial charge is 0.319 e. The van der Waals surface area contributed by atoms with Crippen molar-refractivity contribution in [3.8, 4) is 0 Å². The van der Waals surface area contributed by atoms with Gasteiger partial charge in [-0.3, -0.25) is 14.5 Å². The van der Waals surface area contributed by atoms with E-state index in [4.69, 9.17) is 0 Å². The molecule has 0 saturated carbocycles. The third kappa shape index (κ3) is 8.45. The molecule has 98 valence electrons. The second-order valence-electron chi connectivity index (χ2n) is 4.83. The summed E-state index contributed by atoms with van der Waals surface area (Å²) in [5.74, 6) is -0.487. The van der Waals surface area contributed by atoms with Crippen LogP contribution in [0.15, 0.2) is 12.7 Å². The third-order valence-corrected chi connectivity index (χ3v) is 1.85. The zero-order chi connectivity index (χ0) is 13.5. The molecule has 5 heteroatoms. The normalized spacial score (nSPS) is 11.1. The monoisotopic (exact) mass is 242 g/mol. The van der Waals surface area contributed by atoms with E-state index in [0.29, 0.717) is 6.54 Å². The van der Waals surface area contributed by atoms with Crippen LogP contribution in [-0.4, -0.2) is 49.1 Å². The fourth-order valence-corrected chi connectivity index (χ4v) is 1.28. The van der Waals surface area contributed by atoms with E-state index >= 15 is 0 Å². The lowest BCUT2D eigenvalue weighted by Crippen LogP contribution is -2.47. The minimum Gasteiger partial charge on any atom is -0.468 e. The topological polar surface area (TPSA) is 58.6 Å². The van der Waals surface area contributed by atoms with Crippen LogP contribution in [0.1, 0.15) is 20.8 Å². The molecule has 0 aliphatic rings. The Morgan fingerprint density at radius 2 is 1.94 bits per heavy atom. The van der Waals surface area contributed by atoms with Gasteiger partial charge in [0.15, 0.2) is 0 Å². The minimum absolute atomic E-state index is 0.0834. The van der Waals surface area contributed by atoms with E-state index in [0.717, 1.165) is 0 Å². The fourth-order valence-electron chi connectivity index (χ4n) is 1.28. The molecule has 0 aliphatic carbocycles. The summed E-state index contributed by atoms with van der Waals surface area (Å²) in [7, 11) is 1.32. The molecule has 1 N–H and O–H groups in total. The first-order valence-corrected chi connectivity index (χ1v) is 5.49. The van der Waals surface area contributed by atoms with Gasteiger partial charge in [-0.15, -0.1) is 6.58 Å². The Morgan fingerprint density at radius 3 is 2.35 bits per heavy atom. The van der Waals surface area contributed by atoms with Gasteiger partial charge in [-0.1, -0.05) is 6.08 Å². The highest BCUT2D eigenvalue weighted by molar-refractivity contribution is 5.79. The number of methoxy groups -OCH3 is 1. The first-order chi connectivity index (χ1) is 7.78. The average Bonchev–Trinajstić information content (AvgIpc) is 2.14. The predicted molar refractivity (Wildman–Crippen MR) is 66.5 cm³/mol. The number of nitrogens with zero attached hydrogens (tertiary/aromatic N) is 1. The van der Waals surface area contributed by atoms with Gasteiger partial charge in [0.25, 0.3) is 0 Å². The standard InChI is InChI=1S/C12H22N2O3/c1-6-7-14(9-11(16)17-5)8-10(15)13-12(2,3)4/h6H,1,7-9H2,2-5H3,(H,13,15). The number of carbonyl (C=O) groups is 2. The summed E-state index contributed by atoms with van der Waals surface area (Å²) in [5.41, 5.74) is -0.276. The highest BCUT2D eigenvalue weighted by Crippen LogP contribution is 1.99. The van der Waals surface area contributed by atoms with E-state index in [1.165, 1.54) is 7.11 Å². The SMILES string of the molecule is C=CCN(CC(=O)NC(C)(C)C)CC(=O)OC. The Hall–Kier alpha value is -1.36. The molecule has 0 radical (unpaired) electrons. The molecule has 1 amide bonds. The molecule has 17 heavy (non-hydrogen) atoms. The third-order valence-electron chi connectivity index (χ3n) is 1.85. The molecule has 0 aliphatic heterocycles. The number of esters is 1. The van der Waals surface area contributed by atoms with Crippen LogP contribution in [-0.2, 0) is 14.3 Å². The lowest BCUT2D eigenvalue weighted by Gasteiger charge is -2.24. The lowest BCUT2D eigenvalue weighted by molar-refractivity contribution is -0.142. The van der Waals surface area contributed by atoms with Gasteiger partial charge in [-0.25, -0.2) is 0 Å². The number of hydrogen-bond donors (Lipinski definition) is 1. The summed E-state index contributed by atoms with van der Waals surface area (Å²) < 4.78 is 4.56. The van der Waals surface area contributed by atoms with Gasteiger partial charge in [0.1, 0.15) is 0 Å². The van der Waals surface area contributed by atoms with Crippen LogP contribution >= 0.6 is 0 Å². The van der Waals surface area contributed by atoms with Gasteiger partial charge in [0.2, 0.25) is 5.91 Å². The summed E-state index contributed by atoms with van der Waals surface area (Å²) in [5, 5.41) is 2.83. The van der Waals surface area contributed by atoms with E-state index in [1.807, 2.05) is 20.8 Å². The van der Waals surface area contributed by atoms with E-state index in [1.54, 1.807) is 11.0 Å². The molecule has 0 unspecified atom stereocenters. The van der Waals surface area contributed by atoms with Crippen molar-refractivity contribution in [2.45, 2.75) is 26.3 Å². The van der Waals surface area contributed by atoms with Gasteiger partial charge in [-0.05, 0) is 20.8 Å². The molecule has 0 bridgehead atoms. The maximum atomic E-state index is 11.7. The van der Waals surface area contributed by atoms with Gasteiger partial charge >= 0.3 is 5.97 Å². The summed E-state index contributed by atoms with van der Waals surface area (Å²) in [6.07, 6.45) is 1.65. The molecule has 0 aromatic carbocycles. The van der Waals surface area contributed by atoms with Crippen molar-refractivity contribution in [2.24, 2.45) is 0 Å². The van der Waals surface area contributed by atoms with Gasteiger partial charge in [-0.2, -0.15) is 0 Å². The summed E-state index contributed by atoms with van der Waals surface area (Å²) in [6, 6.07) is 0. The Bertz CT molecular complexity index is 282. The minimum atomic E-state index is -0.365. The van der Waals surface area contributed by atoms with Crippen LogP contribution in [0.4, 0.5) is 0 Å². The molecule has 0 aromatic rings. The Labute approximate surface area is 103 Å². The maximum absolute atomic E-state index is 11.7. The molecule has 0 atom stereocenters. The highest BCUT2D eigenvalue weighted by Gasteiger charge is 2.17. The van der Waals surface area contributed by atoms with Crippen LogP contribution in [0.5, 0.6) is 0 Å². The van der Waals surface area contributed by atoms with Crippen molar-refractivity contribution >= 4 is 11.9 Å². The Kier molecular flexibility index (Phi) is 6.50. The fraction of sp³-hybridized carbons (Fsp3) is 0.667. The second kappa shape index (κ2) is 7.06. The first-order valence-electron chi connectivity index (χ1n) is 5.49. The number of carbonyl (C=O) groups excluding carboxylic acids is 2. The van der Waals surface area contributed by atoms with Gasteiger partial charge in [0.05, 0.1) is 20.2 Å². The molecule has 0 fully saturated rings. The number of ether oxygens (including phenoxy) is 1. The quantitative estimate of drug-likeness (QED) is 0.546. The van der Waals surface area contributed by atoms with Crippen LogP contribution in [0.3, 0.4) is 0 Å². The number of hydrogen-bond acceptors (Lipinski definition) is 4. The van der Waals surface area contributed by atoms with Gasteiger partial charge in [0, 0.05) is 12.1 Å².